The lowest BCUT2D eigenvalue weighted by molar-refractivity contribution is 0.221. The van der Waals surface area contributed by atoms with Gasteiger partial charge in [-0.1, -0.05) is 26.7 Å². The van der Waals surface area contributed by atoms with Gasteiger partial charge in [-0.25, -0.2) is 0 Å². The second kappa shape index (κ2) is 4.57. The average Bonchev–Trinajstić information content (AvgIpc) is 3.17. The normalized spacial score (nSPS) is 36.2. The summed E-state index contributed by atoms with van der Waals surface area (Å²) in [5.74, 6) is 2.98. The minimum Gasteiger partial charge on any atom is -0.313 e. The third-order valence-electron chi connectivity index (χ3n) is 5.74. The van der Waals surface area contributed by atoms with Crippen LogP contribution >= 0.6 is 0 Å². The van der Waals surface area contributed by atoms with Gasteiger partial charge in [0, 0.05) is 12.6 Å². The molecule has 1 nitrogen and oxygen atoms in total. The second-order valence-electron chi connectivity index (χ2n) is 7.39. The number of nitrogens with one attached hydrogen (secondary N) is 1. The van der Waals surface area contributed by atoms with E-state index in [9.17, 15) is 0 Å². The van der Waals surface area contributed by atoms with Gasteiger partial charge in [-0.05, 0) is 61.7 Å². The fourth-order valence-electron chi connectivity index (χ4n) is 3.95. The molecule has 3 aliphatic carbocycles. The molecule has 3 rings (SSSR count). The quantitative estimate of drug-likeness (QED) is 0.760. The van der Waals surface area contributed by atoms with Crippen molar-refractivity contribution in [2.45, 2.75) is 71.3 Å². The maximum absolute atomic E-state index is 3.93. The minimum absolute atomic E-state index is 0.783. The third-order valence-corrected chi connectivity index (χ3v) is 5.74. The molecule has 2 atom stereocenters. The van der Waals surface area contributed by atoms with E-state index in [1.54, 1.807) is 0 Å². The molecule has 0 amide bonds. The van der Waals surface area contributed by atoms with Gasteiger partial charge in [-0.15, -0.1) is 0 Å². The van der Waals surface area contributed by atoms with E-state index in [0.717, 1.165) is 29.2 Å². The molecule has 0 radical (unpaired) electrons. The van der Waals surface area contributed by atoms with E-state index in [1.807, 2.05) is 0 Å². The molecule has 0 saturated heterocycles. The first kappa shape index (κ1) is 12.0. The van der Waals surface area contributed by atoms with E-state index in [-0.39, 0.29) is 0 Å². The molecule has 0 aromatic heterocycles. The molecule has 3 saturated carbocycles. The van der Waals surface area contributed by atoms with Gasteiger partial charge in [0.25, 0.3) is 0 Å². The van der Waals surface area contributed by atoms with Crippen molar-refractivity contribution in [1.29, 1.82) is 0 Å². The fourth-order valence-corrected chi connectivity index (χ4v) is 3.95. The van der Waals surface area contributed by atoms with Crippen LogP contribution in [0.2, 0.25) is 0 Å². The summed E-state index contributed by atoms with van der Waals surface area (Å²) in [6.45, 7) is 6.15. The smallest absolute Gasteiger partial charge is 0.00700 e. The number of rotatable bonds is 5. The first-order valence-corrected chi connectivity index (χ1v) is 7.93. The molecule has 0 aromatic carbocycles. The van der Waals surface area contributed by atoms with Crippen molar-refractivity contribution in [3.63, 3.8) is 0 Å². The Morgan fingerprint density at radius 2 is 1.88 bits per heavy atom. The zero-order valence-corrected chi connectivity index (χ0v) is 11.7. The van der Waals surface area contributed by atoms with Crippen LogP contribution in [0.25, 0.3) is 0 Å². The Morgan fingerprint density at radius 1 is 1.12 bits per heavy atom. The predicted molar refractivity (Wildman–Crippen MR) is 73.0 cm³/mol. The number of hydrogen-bond donors (Lipinski definition) is 1. The van der Waals surface area contributed by atoms with Crippen LogP contribution < -0.4 is 5.32 Å². The highest BCUT2D eigenvalue weighted by atomic mass is 14.9. The first-order chi connectivity index (χ1) is 8.20. The van der Waals surface area contributed by atoms with Crippen molar-refractivity contribution in [3.8, 4) is 0 Å². The van der Waals surface area contributed by atoms with Gasteiger partial charge in [0.2, 0.25) is 0 Å². The van der Waals surface area contributed by atoms with E-state index in [0.29, 0.717) is 0 Å². The summed E-state index contributed by atoms with van der Waals surface area (Å²) in [6.07, 6.45) is 11.9. The minimum atomic E-state index is 0.783. The van der Waals surface area contributed by atoms with Gasteiger partial charge in [0.15, 0.2) is 0 Å². The van der Waals surface area contributed by atoms with E-state index in [4.69, 9.17) is 0 Å². The summed E-state index contributed by atoms with van der Waals surface area (Å²) >= 11 is 0. The van der Waals surface area contributed by atoms with Gasteiger partial charge in [0.05, 0.1) is 0 Å². The lowest BCUT2D eigenvalue weighted by Crippen LogP contribution is -2.39. The first-order valence-electron chi connectivity index (χ1n) is 7.93. The highest BCUT2D eigenvalue weighted by molar-refractivity contribution is 5.05. The molecular formula is C16H29N. The standard InChI is InChI=1S/C16H29N/c1-12(2)13-4-3-5-15(10-13)17-11-16(8-9-16)14-6-7-14/h12-15,17H,3-11H2,1-2H3. The monoisotopic (exact) mass is 235 g/mol. The Hall–Kier alpha value is -0.0400. The molecule has 17 heavy (non-hydrogen) atoms. The lowest BCUT2D eigenvalue weighted by Gasteiger charge is -2.33. The summed E-state index contributed by atoms with van der Waals surface area (Å²) in [6, 6.07) is 0.840. The molecule has 3 fully saturated rings. The number of hydrogen-bond acceptors (Lipinski definition) is 1. The highest BCUT2D eigenvalue weighted by Gasteiger charge is 2.53. The zero-order chi connectivity index (χ0) is 11.9. The van der Waals surface area contributed by atoms with Gasteiger partial charge in [-0.3, -0.25) is 0 Å². The van der Waals surface area contributed by atoms with E-state index >= 15 is 0 Å². The molecule has 98 valence electrons. The van der Waals surface area contributed by atoms with Crippen LogP contribution in [0.4, 0.5) is 0 Å². The van der Waals surface area contributed by atoms with E-state index in [1.165, 1.54) is 57.9 Å². The molecule has 0 aliphatic heterocycles. The van der Waals surface area contributed by atoms with Crippen molar-refractivity contribution in [1.82, 2.24) is 5.32 Å². The Morgan fingerprint density at radius 3 is 2.47 bits per heavy atom. The van der Waals surface area contributed by atoms with Crippen LogP contribution in [-0.2, 0) is 0 Å². The highest BCUT2D eigenvalue weighted by Crippen LogP contribution is 2.60. The van der Waals surface area contributed by atoms with E-state index < -0.39 is 0 Å². The van der Waals surface area contributed by atoms with Gasteiger partial charge >= 0.3 is 0 Å². The van der Waals surface area contributed by atoms with Crippen LogP contribution in [0.5, 0.6) is 0 Å². The van der Waals surface area contributed by atoms with Crippen LogP contribution in [-0.4, -0.2) is 12.6 Å². The maximum atomic E-state index is 3.93. The summed E-state index contributed by atoms with van der Waals surface area (Å²) in [4.78, 5) is 0. The van der Waals surface area contributed by atoms with Crippen LogP contribution in [0, 0.1) is 23.2 Å². The Labute approximate surface area is 107 Å². The largest absolute Gasteiger partial charge is 0.313 e. The zero-order valence-electron chi connectivity index (χ0n) is 11.7. The van der Waals surface area contributed by atoms with Crippen molar-refractivity contribution in [3.05, 3.63) is 0 Å². The van der Waals surface area contributed by atoms with Gasteiger partial charge < -0.3 is 5.32 Å². The predicted octanol–water partition coefficient (Wildman–Crippen LogP) is 3.98. The molecule has 0 aromatic rings. The Balaban J connectivity index is 1.45. The maximum Gasteiger partial charge on any atom is 0.00700 e. The molecule has 0 spiro atoms. The van der Waals surface area contributed by atoms with Crippen LogP contribution in [0.15, 0.2) is 0 Å². The molecule has 0 heterocycles. The van der Waals surface area contributed by atoms with Crippen LogP contribution in [0.1, 0.15) is 65.2 Å². The SMILES string of the molecule is CC(C)C1CCCC(NCC2(C3CC3)CC2)C1. The van der Waals surface area contributed by atoms with Crippen molar-refractivity contribution < 1.29 is 0 Å². The van der Waals surface area contributed by atoms with Crippen molar-refractivity contribution >= 4 is 0 Å². The third kappa shape index (κ3) is 2.70. The second-order valence-corrected chi connectivity index (χ2v) is 7.39. The van der Waals surface area contributed by atoms with Gasteiger partial charge in [-0.2, -0.15) is 0 Å². The Kier molecular flexibility index (Phi) is 3.23. The van der Waals surface area contributed by atoms with E-state index in [2.05, 4.69) is 19.2 Å². The summed E-state index contributed by atoms with van der Waals surface area (Å²) in [5.41, 5.74) is 0.783. The summed E-state index contributed by atoms with van der Waals surface area (Å²) < 4.78 is 0. The van der Waals surface area contributed by atoms with Gasteiger partial charge in [0.1, 0.15) is 0 Å². The molecule has 0 bridgehead atoms. The van der Waals surface area contributed by atoms with Crippen LogP contribution in [0.3, 0.4) is 0 Å². The van der Waals surface area contributed by atoms with Crippen molar-refractivity contribution in [2.75, 3.05) is 6.54 Å². The lowest BCUT2D eigenvalue weighted by atomic mass is 9.79. The fraction of sp³-hybridized carbons (Fsp3) is 1.00. The average molecular weight is 235 g/mol. The molecule has 2 unspecified atom stereocenters. The molecule has 1 N–H and O–H groups in total. The van der Waals surface area contributed by atoms with Crippen molar-refractivity contribution in [2.24, 2.45) is 23.2 Å². The summed E-state index contributed by atoms with van der Waals surface area (Å²) in [7, 11) is 0. The Bertz CT molecular complexity index is 263. The molecular weight excluding hydrogens is 206 g/mol. The molecule has 3 aliphatic rings. The topological polar surface area (TPSA) is 12.0 Å². The molecule has 1 heteroatoms. The summed E-state index contributed by atoms with van der Waals surface area (Å²) in [5, 5.41) is 3.93.